The maximum Gasteiger partial charge on any atom is 0.0637 e. The lowest BCUT2D eigenvalue weighted by molar-refractivity contribution is 0.549. The molecule has 1 unspecified atom stereocenters. The Morgan fingerprint density at radius 2 is 2.35 bits per heavy atom. The van der Waals surface area contributed by atoms with Crippen LogP contribution >= 0.6 is 22.9 Å². The van der Waals surface area contributed by atoms with Gasteiger partial charge in [0.2, 0.25) is 0 Å². The van der Waals surface area contributed by atoms with Gasteiger partial charge in [-0.1, -0.05) is 11.6 Å². The van der Waals surface area contributed by atoms with E-state index in [1.165, 1.54) is 5.56 Å². The number of aryl methyl sites for hydroxylation is 1. The topological polar surface area (TPSA) is 24.9 Å². The number of rotatable bonds is 5. The average molecular weight is 267 g/mol. The quantitative estimate of drug-likeness (QED) is 0.893. The average Bonchev–Trinajstić information content (AvgIpc) is 2.85. The Bertz CT molecular complexity index is 456. The summed E-state index contributed by atoms with van der Waals surface area (Å²) in [7, 11) is 1.97. The highest BCUT2D eigenvalue weighted by atomic mass is 35.5. The molecule has 1 atom stereocenters. The summed E-state index contributed by atoms with van der Waals surface area (Å²) in [5.41, 5.74) is 2.51. The van der Waals surface area contributed by atoms with E-state index < -0.39 is 0 Å². The fourth-order valence-corrected chi connectivity index (χ4v) is 2.82. The molecule has 0 aliphatic carbocycles. The number of pyridine rings is 1. The molecule has 2 rings (SSSR count). The van der Waals surface area contributed by atoms with E-state index in [1.54, 1.807) is 23.7 Å². The molecule has 90 valence electrons. The molecular formula is C13H15ClN2S. The van der Waals surface area contributed by atoms with Gasteiger partial charge in [0.15, 0.2) is 0 Å². The third-order valence-electron chi connectivity index (χ3n) is 2.83. The Morgan fingerprint density at radius 1 is 1.47 bits per heavy atom. The molecule has 2 nitrogen and oxygen atoms in total. The first-order valence-electron chi connectivity index (χ1n) is 5.59. The fourth-order valence-electron chi connectivity index (χ4n) is 1.87. The lowest BCUT2D eigenvalue weighted by atomic mass is 10.0. The first-order chi connectivity index (χ1) is 8.31. The van der Waals surface area contributed by atoms with Gasteiger partial charge in [-0.05, 0) is 53.9 Å². The normalized spacial score (nSPS) is 12.6. The molecule has 0 bridgehead atoms. The summed E-state index contributed by atoms with van der Waals surface area (Å²) in [5, 5.41) is 8.36. The molecule has 1 N–H and O–H groups in total. The van der Waals surface area contributed by atoms with Gasteiger partial charge in [-0.2, -0.15) is 11.3 Å². The highest BCUT2D eigenvalue weighted by molar-refractivity contribution is 7.07. The lowest BCUT2D eigenvalue weighted by Gasteiger charge is -2.17. The van der Waals surface area contributed by atoms with Gasteiger partial charge in [-0.15, -0.1) is 0 Å². The summed E-state index contributed by atoms with van der Waals surface area (Å²) in [4.78, 5) is 4.01. The van der Waals surface area contributed by atoms with Crippen molar-refractivity contribution >= 4 is 22.9 Å². The minimum absolute atomic E-state index is 0.283. The summed E-state index contributed by atoms with van der Waals surface area (Å²) in [5.74, 6) is 0. The van der Waals surface area contributed by atoms with Crippen LogP contribution in [0.25, 0.3) is 0 Å². The smallest absolute Gasteiger partial charge is 0.0637 e. The van der Waals surface area contributed by atoms with Crippen molar-refractivity contribution in [3.63, 3.8) is 0 Å². The highest BCUT2D eigenvalue weighted by Crippen LogP contribution is 2.25. The van der Waals surface area contributed by atoms with Crippen LogP contribution in [0.15, 0.2) is 35.3 Å². The zero-order valence-electron chi connectivity index (χ0n) is 9.69. The molecule has 0 fully saturated rings. The van der Waals surface area contributed by atoms with Crippen LogP contribution in [0.3, 0.4) is 0 Å². The van der Waals surface area contributed by atoms with E-state index in [-0.39, 0.29) is 6.04 Å². The van der Waals surface area contributed by atoms with Gasteiger partial charge < -0.3 is 5.32 Å². The second-order valence-electron chi connectivity index (χ2n) is 3.91. The number of halogens is 1. The molecule has 0 saturated heterocycles. The van der Waals surface area contributed by atoms with E-state index in [9.17, 15) is 0 Å². The van der Waals surface area contributed by atoms with Gasteiger partial charge >= 0.3 is 0 Å². The standard InChI is InChI=1S/C13H15ClN2S/c1-15-13(3-2-10-5-7-17-9-10)11-4-6-16-8-12(11)14/h4-9,13,15H,2-3H2,1H3. The maximum atomic E-state index is 6.16. The van der Waals surface area contributed by atoms with Crippen molar-refractivity contribution in [1.82, 2.24) is 10.3 Å². The molecule has 0 radical (unpaired) electrons. The zero-order chi connectivity index (χ0) is 12.1. The molecule has 2 aromatic heterocycles. The zero-order valence-corrected chi connectivity index (χ0v) is 11.3. The predicted octanol–water partition coefficient (Wildman–Crippen LogP) is 3.69. The van der Waals surface area contributed by atoms with Crippen molar-refractivity contribution in [2.45, 2.75) is 18.9 Å². The molecular weight excluding hydrogens is 252 g/mol. The van der Waals surface area contributed by atoms with Crippen molar-refractivity contribution in [3.05, 3.63) is 51.4 Å². The highest BCUT2D eigenvalue weighted by Gasteiger charge is 2.12. The first kappa shape index (κ1) is 12.6. The van der Waals surface area contributed by atoms with E-state index in [1.807, 2.05) is 13.1 Å². The van der Waals surface area contributed by atoms with Crippen LogP contribution in [0.2, 0.25) is 5.02 Å². The minimum atomic E-state index is 0.283. The van der Waals surface area contributed by atoms with Gasteiger partial charge in [0.05, 0.1) is 5.02 Å². The number of hydrogen-bond donors (Lipinski definition) is 1. The van der Waals surface area contributed by atoms with Crippen LogP contribution in [0.5, 0.6) is 0 Å². The molecule has 0 saturated carbocycles. The molecule has 0 aliphatic rings. The van der Waals surface area contributed by atoms with Gasteiger partial charge in [0.25, 0.3) is 0 Å². The number of aromatic nitrogens is 1. The van der Waals surface area contributed by atoms with Crippen LogP contribution in [-0.2, 0) is 6.42 Å². The maximum absolute atomic E-state index is 6.16. The first-order valence-corrected chi connectivity index (χ1v) is 6.91. The molecule has 0 aromatic carbocycles. The van der Waals surface area contributed by atoms with Crippen molar-refractivity contribution in [1.29, 1.82) is 0 Å². The predicted molar refractivity (Wildman–Crippen MR) is 73.7 cm³/mol. The SMILES string of the molecule is CNC(CCc1ccsc1)c1ccncc1Cl. The van der Waals surface area contributed by atoms with Gasteiger partial charge in [0.1, 0.15) is 0 Å². The molecule has 0 aliphatic heterocycles. The number of thiophene rings is 1. The monoisotopic (exact) mass is 266 g/mol. The van der Waals surface area contributed by atoms with Gasteiger partial charge in [0, 0.05) is 18.4 Å². The number of nitrogens with one attached hydrogen (secondary N) is 1. The van der Waals surface area contributed by atoms with E-state index >= 15 is 0 Å². The molecule has 2 heterocycles. The third kappa shape index (κ3) is 3.28. The molecule has 4 heteroatoms. The number of nitrogens with zero attached hydrogens (tertiary/aromatic N) is 1. The summed E-state index contributed by atoms with van der Waals surface area (Å²) in [6, 6.07) is 4.44. The van der Waals surface area contributed by atoms with Crippen LogP contribution in [0.1, 0.15) is 23.6 Å². The van der Waals surface area contributed by atoms with Crippen molar-refractivity contribution < 1.29 is 0 Å². The van der Waals surface area contributed by atoms with E-state index in [2.05, 4.69) is 27.1 Å². The molecule has 2 aromatic rings. The van der Waals surface area contributed by atoms with Crippen LogP contribution < -0.4 is 5.32 Å². The second-order valence-corrected chi connectivity index (χ2v) is 5.10. The van der Waals surface area contributed by atoms with Crippen molar-refractivity contribution in [2.24, 2.45) is 0 Å². The van der Waals surface area contributed by atoms with Crippen molar-refractivity contribution in [2.75, 3.05) is 7.05 Å². The second kappa shape index (κ2) is 6.15. The minimum Gasteiger partial charge on any atom is -0.313 e. The van der Waals surface area contributed by atoms with E-state index in [4.69, 9.17) is 11.6 Å². The Labute approximate surface area is 111 Å². The van der Waals surface area contributed by atoms with E-state index in [0.29, 0.717) is 0 Å². The van der Waals surface area contributed by atoms with Crippen molar-refractivity contribution in [3.8, 4) is 0 Å². The Morgan fingerprint density at radius 3 is 3.00 bits per heavy atom. The summed E-state index contributed by atoms with van der Waals surface area (Å²) >= 11 is 7.90. The van der Waals surface area contributed by atoms with Crippen LogP contribution in [-0.4, -0.2) is 12.0 Å². The fraction of sp³-hybridized carbons (Fsp3) is 0.308. The largest absolute Gasteiger partial charge is 0.313 e. The van der Waals surface area contributed by atoms with E-state index in [0.717, 1.165) is 23.4 Å². The van der Waals surface area contributed by atoms with Gasteiger partial charge in [-0.25, -0.2) is 0 Å². The Hall–Kier alpha value is -0.900. The molecule has 17 heavy (non-hydrogen) atoms. The summed E-state index contributed by atoms with van der Waals surface area (Å²) in [6.07, 6.45) is 5.59. The summed E-state index contributed by atoms with van der Waals surface area (Å²) in [6.45, 7) is 0. The Kier molecular flexibility index (Phi) is 4.54. The number of hydrogen-bond acceptors (Lipinski definition) is 3. The molecule has 0 spiro atoms. The summed E-state index contributed by atoms with van der Waals surface area (Å²) < 4.78 is 0. The van der Waals surface area contributed by atoms with Crippen LogP contribution in [0, 0.1) is 0 Å². The lowest BCUT2D eigenvalue weighted by Crippen LogP contribution is -2.17. The molecule has 0 amide bonds. The van der Waals surface area contributed by atoms with Crippen LogP contribution in [0.4, 0.5) is 0 Å². The third-order valence-corrected chi connectivity index (χ3v) is 3.88. The van der Waals surface area contributed by atoms with Gasteiger partial charge in [-0.3, -0.25) is 4.98 Å². The Balaban J connectivity index is 2.04.